The van der Waals surface area contributed by atoms with Crippen LogP contribution in [0.25, 0.3) is 16.3 Å². The molecule has 2 heterocycles. The van der Waals surface area contributed by atoms with E-state index < -0.39 is 0 Å². The number of methoxy groups -OCH3 is 2. The zero-order valence-corrected chi connectivity index (χ0v) is 9.42. The summed E-state index contributed by atoms with van der Waals surface area (Å²) in [5.41, 5.74) is 8.24. The van der Waals surface area contributed by atoms with Crippen LogP contribution in [0.4, 0.5) is 5.95 Å². The molecule has 2 aromatic rings. The lowest BCUT2D eigenvalue weighted by Gasteiger charge is -2.05. The highest BCUT2D eigenvalue weighted by atomic mass is 16.5. The van der Waals surface area contributed by atoms with Crippen LogP contribution in [0.1, 0.15) is 0 Å². The van der Waals surface area contributed by atoms with Crippen LogP contribution in [-0.2, 0) is 0 Å². The number of hydrogen-bond acceptors (Lipinski definition) is 8. The second-order valence-corrected chi connectivity index (χ2v) is 2.81. The normalized spacial score (nSPS) is 9.67. The van der Waals surface area contributed by atoms with E-state index in [-0.39, 0.29) is 23.5 Å². The molecule has 0 aromatic carbocycles. The Balaban J connectivity index is 2.45. The third-order valence-electron chi connectivity index (χ3n) is 1.83. The maximum absolute atomic E-state index is 8.24. The molecule has 0 N–H and O–H groups in total. The predicted octanol–water partition coefficient (Wildman–Crippen LogP) is 0.411. The van der Waals surface area contributed by atoms with Crippen LogP contribution in [0.2, 0.25) is 0 Å². The minimum atomic E-state index is -0.128. The lowest BCUT2D eigenvalue weighted by Crippen LogP contribution is -2.06. The molecule has 11 heteroatoms. The van der Waals surface area contributed by atoms with Crippen LogP contribution in [0.5, 0.6) is 11.8 Å². The van der Waals surface area contributed by atoms with Gasteiger partial charge >= 0.3 is 0 Å². The highest BCUT2D eigenvalue weighted by Crippen LogP contribution is 2.19. The number of azide groups is 1. The first-order chi connectivity index (χ1) is 8.78. The van der Waals surface area contributed by atoms with Crippen LogP contribution in [0, 0.1) is 0 Å². The van der Waals surface area contributed by atoms with Crippen molar-refractivity contribution in [2.45, 2.75) is 0 Å². The number of tetrazole rings is 1. The molecule has 0 saturated carbocycles. The topological polar surface area (TPSA) is 137 Å². The summed E-state index contributed by atoms with van der Waals surface area (Å²) in [6.07, 6.45) is 1.37. The SMILES string of the molecule is COc1cnc(-n2nnc(N=[N+]=[N-])n2)c(OC)n1. The predicted molar refractivity (Wildman–Crippen MR) is 56.7 cm³/mol. The molecular weight excluding hydrogens is 242 g/mol. The van der Waals surface area contributed by atoms with E-state index in [0.29, 0.717) is 0 Å². The van der Waals surface area contributed by atoms with Crippen molar-refractivity contribution in [3.05, 3.63) is 16.6 Å². The Morgan fingerprint density at radius 3 is 2.89 bits per heavy atom. The van der Waals surface area contributed by atoms with Gasteiger partial charge in [-0.15, -0.1) is 15.0 Å². The van der Waals surface area contributed by atoms with Gasteiger partial charge in [0.05, 0.1) is 20.4 Å². The maximum atomic E-state index is 8.24. The Labute approximate surface area is 100 Å². The zero-order chi connectivity index (χ0) is 13.0. The van der Waals surface area contributed by atoms with Crippen LogP contribution in [-0.4, -0.2) is 44.4 Å². The Kier molecular flexibility index (Phi) is 3.16. The lowest BCUT2D eigenvalue weighted by molar-refractivity contribution is 0.357. The number of aromatic nitrogens is 6. The molecule has 2 rings (SSSR count). The van der Waals surface area contributed by atoms with Gasteiger partial charge in [0.25, 0.3) is 11.8 Å². The average molecular weight is 249 g/mol. The molecule has 0 amide bonds. The fraction of sp³-hybridized carbons (Fsp3) is 0.286. The summed E-state index contributed by atoms with van der Waals surface area (Å²) >= 11 is 0. The van der Waals surface area contributed by atoms with Crippen LogP contribution < -0.4 is 9.47 Å². The van der Waals surface area contributed by atoms with Crippen LogP contribution >= 0.6 is 0 Å². The standard InChI is InChI=1S/C7H7N9O2/c1-17-4-3-9-5(6(10-4)18-2)16-13-7(11-14-8)12-15-16/h3H,1-2H3. The largest absolute Gasteiger partial charge is 0.480 e. The molecule has 0 atom stereocenters. The van der Waals surface area contributed by atoms with E-state index >= 15 is 0 Å². The van der Waals surface area contributed by atoms with E-state index in [9.17, 15) is 0 Å². The minimum Gasteiger partial charge on any atom is -0.480 e. The van der Waals surface area contributed by atoms with Gasteiger partial charge in [-0.3, -0.25) is 0 Å². The number of nitrogens with zero attached hydrogens (tertiary/aromatic N) is 9. The van der Waals surface area contributed by atoms with Gasteiger partial charge in [0, 0.05) is 4.91 Å². The summed E-state index contributed by atoms with van der Waals surface area (Å²) in [7, 11) is 2.87. The Hall–Kier alpha value is -2.94. The Morgan fingerprint density at radius 2 is 2.22 bits per heavy atom. The van der Waals surface area contributed by atoms with E-state index in [1.807, 2.05) is 0 Å². The van der Waals surface area contributed by atoms with Crippen LogP contribution in [0.3, 0.4) is 0 Å². The van der Waals surface area contributed by atoms with Crippen molar-refractivity contribution in [3.8, 4) is 17.6 Å². The quantitative estimate of drug-likeness (QED) is 0.434. The van der Waals surface area contributed by atoms with Gasteiger partial charge in [-0.25, -0.2) is 4.98 Å². The maximum Gasteiger partial charge on any atom is 0.264 e. The highest BCUT2D eigenvalue weighted by molar-refractivity contribution is 5.34. The highest BCUT2D eigenvalue weighted by Gasteiger charge is 2.13. The molecule has 0 saturated heterocycles. The van der Waals surface area contributed by atoms with E-state index in [4.69, 9.17) is 15.0 Å². The molecule has 0 bridgehead atoms. The van der Waals surface area contributed by atoms with Crippen molar-refractivity contribution in [2.75, 3.05) is 14.2 Å². The van der Waals surface area contributed by atoms with E-state index in [0.717, 1.165) is 4.80 Å². The van der Waals surface area contributed by atoms with E-state index in [1.165, 1.54) is 20.4 Å². The fourth-order valence-electron chi connectivity index (χ4n) is 1.10. The monoisotopic (exact) mass is 249 g/mol. The number of ether oxygens (including phenoxy) is 2. The lowest BCUT2D eigenvalue weighted by atomic mass is 10.6. The van der Waals surface area contributed by atoms with Crippen molar-refractivity contribution in [1.29, 1.82) is 0 Å². The third kappa shape index (κ3) is 2.10. The molecule has 0 fully saturated rings. The molecular formula is C7H7N9O2. The Morgan fingerprint density at radius 1 is 1.39 bits per heavy atom. The molecule has 0 unspecified atom stereocenters. The number of hydrogen-bond donors (Lipinski definition) is 0. The van der Waals surface area contributed by atoms with E-state index in [2.05, 4.69) is 35.4 Å². The summed E-state index contributed by atoms with van der Waals surface area (Å²) in [6.45, 7) is 0. The Bertz CT molecular complexity index is 603. The molecule has 0 aliphatic carbocycles. The molecule has 18 heavy (non-hydrogen) atoms. The average Bonchev–Trinajstić information content (AvgIpc) is 2.87. The van der Waals surface area contributed by atoms with Gasteiger partial charge in [0.2, 0.25) is 11.7 Å². The molecule has 0 aliphatic rings. The van der Waals surface area contributed by atoms with E-state index in [1.54, 1.807) is 0 Å². The van der Waals surface area contributed by atoms with Gasteiger partial charge in [0.1, 0.15) is 0 Å². The zero-order valence-electron chi connectivity index (χ0n) is 9.42. The summed E-state index contributed by atoms with van der Waals surface area (Å²) in [5.74, 6) is 0.507. The van der Waals surface area contributed by atoms with Gasteiger partial charge < -0.3 is 9.47 Å². The van der Waals surface area contributed by atoms with Crippen molar-refractivity contribution in [1.82, 2.24) is 30.2 Å². The van der Waals surface area contributed by atoms with Gasteiger partial charge in [-0.2, -0.15) is 4.98 Å². The first-order valence-electron chi connectivity index (χ1n) is 4.59. The first-order valence-corrected chi connectivity index (χ1v) is 4.59. The summed E-state index contributed by atoms with van der Waals surface area (Å²) in [5, 5.41) is 14.2. The molecule has 0 radical (unpaired) electrons. The van der Waals surface area contributed by atoms with Crippen molar-refractivity contribution in [3.63, 3.8) is 0 Å². The van der Waals surface area contributed by atoms with Crippen molar-refractivity contribution in [2.24, 2.45) is 5.11 Å². The summed E-state index contributed by atoms with van der Waals surface area (Å²) < 4.78 is 9.93. The molecule has 0 aliphatic heterocycles. The molecule has 11 nitrogen and oxygen atoms in total. The third-order valence-corrected chi connectivity index (χ3v) is 1.83. The van der Waals surface area contributed by atoms with Gasteiger partial charge in [-0.1, -0.05) is 0 Å². The second-order valence-electron chi connectivity index (χ2n) is 2.81. The fourth-order valence-corrected chi connectivity index (χ4v) is 1.10. The van der Waals surface area contributed by atoms with Gasteiger partial charge in [-0.05, 0) is 15.9 Å². The second kappa shape index (κ2) is 4.93. The first kappa shape index (κ1) is 11.5. The van der Waals surface area contributed by atoms with Crippen molar-refractivity contribution < 1.29 is 9.47 Å². The smallest absolute Gasteiger partial charge is 0.264 e. The molecule has 2 aromatic heterocycles. The van der Waals surface area contributed by atoms with Gasteiger partial charge in [0.15, 0.2) is 0 Å². The molecule has 92 valence electrons. The van der Waals surface area contributed by atoms with Crippen LogP contribution in [0.15, 0.2) is 11.3 Å². The number of rotatable bonds is 4. The summed E-state index contributed by atoms with van der Waals surface area (Å²) in [6, 6.07) is 0. The minimum absolute atomic E-state index is 0.128. The van der Waals surface area contributed by atoms with Crippen molar-refractivity contribution >= 4 is 5.95 Å². The summed E-state index contributed by atoms with van der Waals surface area (Å²) in [4.78, 5) is 11.6. The molecule has 0 spiro atoms.